The minimum absolute atomic E-state index is 0.108. The number of amides is 1. The number of hydrogen-bond donors (Lipinski definition) is 1. The molecule has 24 heavy (non-hydrogen) atoms. The number of nitrogens with one attached hydrogen (secondary N) is 1. The van der Waals surface area contributed by atoms with Crippen molar-refractivity contribution in [3.8, 4) is 5.82 Å². The van der Waals surface area contributed by atoms with E-state index >= 15 is 0 Å². The summed E-state index contributed by atoms with van der Waals surface area (Å²) in [6.45, 7) is 1.98. The van der Waals surface area contributed by atoms with Gasteiger partial charge in [-0.1, -0.05) is 32.3 Å². The van der Waals surface area contributed by atoms with E-state index in [1.54, 1.807) is 23.3 Å². The average molecular weight is 328 g/mol. The molecule has 1 N–H and O–H groups in total. The Morgan fingerprint density at radius 3 is 2.92 bits per heavy atom. The second-order valence-electron chi connectivity index (χ2n) is 6.14. The van der Waals surface area contributed by atoms with Gasteiger partial charge in [0, 0.05) is 6.20 Å². The van der Waals surface area contributed by atoms with Crippen LogP contribution >= 0.6 is 0 Å². The zero-order chi connectivity index (χ0) is 16.8. The summed E-state index contributed by atoms with van der Waals surface area (Å²) in [6.07, 6.45) is 11.3. The molecule has 6 heteroatoms. The van der Waals surface area contributed by atoms with Gasteiger partial charge >= 0.3 is 0 Å². The fraction of sp³-hybridized carbons (Fsp3) is 0.500. The Balaban J connectivity index is 1.60. The van der Waals surface area contributed by atoms with Crippen molar-refractivity contribution in [3.05, 3.63) is 36.8 Å². The number of anilines is 1. The molecule has 128 valence electrons. The van der Waals surface area contributed by atoms with Crippen LogP contribution in [-0.2, 0) is 9.53 Å². The lowest BCUT2D eigenvalue weighted by atomic mass is 9.97. The van der Waals surface area contributed by atoms with Gasteiger partial charge in [0.15, 0.2) is 5.82 Å². The van der Waals surface area contributed by atoms with Gasteiger partial charge in [0.2, 0.25) is 0 Å². The van der Waals surface area contributed by atoms with Crippen LogP contribution in [0, 0.1) is 0 Å². The van der Waals surface area contributed by atoms with E-state index in [9.17, 15) is 4.79 Å². The molecule has 1 fully saturated rings. The van der Waals surface area contributed by atoms with E-state index in [4.69, 9.17) is 4.74 Å². The van der Waals surface area contributed by atoms with Crippen LogP contribution in [0.1, 0.15) is 45.4 Å². The molecule has 0 radical (unpaired) electrons. The van der Waals surface area contributed by atoms with Gasteiger partial charge in [0.1, 0.15) is 6.10 Å². The summed E-state index contributed by atoms with van der Waals surface area (Å²) in [4.78, 5) is 16.7. The maximum absolute atomic E-state index is 12.5. The number of carbonyl (C=O) groups excluding carboxylic acids is 1. The van der Waals surface area contributed by atoms with E-state index in [1.165, 1.54) is 19.3 Å². The lowest BCUT2D eigenvalue weighted by molar-refractivity contribution is -0.132. The van der Waals surface area contributed by atoms with Gasteiger partial charge in [-0.15, -0.1) is 0 Å². The van der Waals surface area contributed by atoms with Gasteiger partial charge in [-0.05, 0) is 31.4 Å². The van der Waals surface area contributed by atoms with Crippen molar-refractivity contribution in [3.63, 3.8) is 0 Å². The molecular weight excluding hydrogens is 304 g/mol. The van der Waals surface area contributed by atoms with Gasteiger partial charge in [-0.25, -0.2) is 9.67 Å². The number of carbonyl (C=O) groups is 1. The fourth-order valence-electron chi connectivity index (χ4n) is 3.00. The molecule has 1 saturated carbocycles. The summed E-state index contributed by atoms with van der Waals surface area (Å²) in [5.41, 5.74) is 0.649. The average Bonchev–Trinajstić information content (AvgIpc) is 3.09. The van der Waals surface area contributed by atoms with Gasteiger partial charge in [-0.2, -0.15) is 5.10 Å². The first-order valence-corrected chi connectivity index (χ1v) is 8.68. The van der Waals surface area contributed by atoms with Crippen molar-refractivity contribution >= 4 is 11.6 Å². The van der Waals surface area contributed by atoms with Crippen molar-refractivity contribution in [1.82, 2.24) is 14.8 Å². The highest BCUT2D eigenvalue weighted by Gasteiger charge is 2.23. The number of hydrogen-bond acceptors (Lipinski definition) is 4. The van der Waals surface area contributed by atoms with E-state index in [0.717, 1.165) is 12.8 Å². The molecule has 1 amide bonds. The lowest BCUT2D eigenvalue weighted by Gasteiger charge is -2.26. The molecule has 0 saturated heterocycles. The van der Waals surface area contributed by atoms with E-state index in [2.05, 4.69) is 15.4 Å². The van der Waals surface area contributed by atoms with Crippen molar-refractivity contribution in [2.24, 2.45) is 0 Å². The molecule has 1 aliphatic carbocycles. The van der Waals surface area contributed by atoms with Crippen LogP contribution < -0.4 is 5.32 Å². The van der Waals surface area contributed by atoms with Crippen LogP contribution in [0.5, 0.6) is 0 Å². The molecule has 1 atom stereocenters. The third-order valence-electron chi connectivity index (χ3n) is 4.31. The number of ether oxygens (including phenoxy) is 1. The Kier molecular flexibility index (Phi) is 5.59. The Hall–Kier alpha value is -2.21. The summed E-state index contributed by atoms with van der Waals surface area (Å²) in [6, 6.07) is 5.61. The number of rotatable bonds is 6. The van der Waals surface area contributed by atoms with Crippen LogP contribution in [0.15, 0.2) is 36.8 Å². The molecule has 3 rings (SSSR count). The summed E-state index contributed by atoms with van der Waals surface area (Å²) in [7, 11) is 0. The van der Waals surface area contributed by atoms with Crippen LogP contribution in [-0.4, -0.2) is 32.9 Å². The molecule has 0 unspecified atom stereocenters. The minimum atomic E-state index is -0.411. The molecule has 0 aliphatic heterocycles. The molecule has 0 aromatic carbocycles. The Morgan fingerprint density at radius 1 is 1.38 bits per heavy atom. The number of aromatic nitrogens is 3. The number of nitrogens with zero attached hydrogens (tertiary/aromatic N) is 3. The third kappa shape index (κ3) is 4.20. The Labute approximate surface area is 142 Å². The highest BCUT2D eigenvalue weighted by Crippen LogP contribution is 2.22. The number of pyridine rings is 1. The Bertz CT molecular complexity index is 650. The molecule has 2 aromatic heterocycles. The molecule has 0 bridgehead atoms. The standard InChI is InChI=1S/C18H24N4O2/c1-2-16(24-15-8-4-3-5-9-15)18(23)21-14-12-20-22(13-14)17-10-6-7-11-19-17/h6-7,10-13,15-16H,2-5,8-9H2,1H3,(H,21,23)/t16-/m0/s1. The molecular formula is C18H24N4O2. The van der Waals surface area contributed by atoms with Crippen LogP contribution in [0.25, 0.3) is 5.82 Å². The summed E-state index contributed by atoms with van der Waals surface area (Å²) < 4.78 is 7.65. The summed E-state index contributed by atoms with van der Waals surface area (Å²) in [5, 5.41) is 7.14. The zero-order valence-corrected chi connectivity index (χ0v) is 14.0. The quantitative estimate of drug-likeness (QED) is 0.883. The zero-order valence-electron chi connectivity index (χ0n) is 14.0. The maximum atomic E-state index is 12.5. The van der Waals surface area contributed by atoms with Crippen molar-refractivity contribution < 1.29 is 9.53 Å². The van der Waals surface area contributed by atoms with Crippen LogP contribution in [0.2, 0.25) is 0 Å². The smallest absolute Gasteiger partial charge is 0.253 e. The van der Waals surface area contributed by atoms with Gasteiger partial charge in [-0.3, -0.25) is 4.79 Å². The summed E-state index contributed by atoms with van der Waals surface area (Å²) >= 11 is 0. The second-order valence-corrected chi connectivity index (χ2v) is 6.14. The predicted octanol–water partition coefficient (Wildman–Crippen LogP) is 3.33. The van der Waals surface area contributed by atoms with E-state index in [1.807, 2.05) is 25.1 Å². The first-order valence-electron chi connectivity index (χ1n) is 8.68. The third-order valence-corrected chi connectivity index (χ3v) is 4.31. The second kappa shape index (κ2) is 8.06. The van der Waals surface area contributed by atoms with Crippen molar-refractivity contribution in [2.45, 2.75) is 57.7 Å². The molecule has 2 aromatic rings. The van der Waals surface area contributed by atoms with Gasteiger partial charge < -0.3 is 10.1 Å². The molecule has 2 heterocycles. The van der Waals surface area contributed by atoms with Crippen LogP contribution in [0.4, 0.5) is 5.69 Å². The SMILES string of the molecule is CC[C@H](OC1CCCCC1)C(=O)Nc1cnn(-c2ccccn2)c1. The topological polar surface area (TPSA) is 69.0 Å². The summed E-state index contributed by atoms with van der Waals surface area (Å²) in [5.74, 6) is 0.604. The molecule has 0 spiro atoms. The molecule has 6 nitrogen and oxygen atoms in total. The largest absolute Gasteiger partial charge is 0.365 e. The minimum Gasteiger partial charge on any atom is -0.365 e. The predicted molar refractivity (Wildman–Crippen MR) is 92.0 cm³/mol. The van der Waals surface area contributed by atoms with E-state index < -0.39 is 6.10 Å². The fourth-order valence-corrected chi connectivity index (χ4v) is 3.00. The maximum Gasteiger partial charge on any atom is 0.253 e. The highest BCUT2D eigenvalue weighted by molar-refractivity contribution is 5.93. The first-order chi connectivity index (χ1) is 11.8. The van der Waals surface area contributed by atoms with Crippen LogP contribution in [0.3, 0.4) is 0 Å². The highest BCUT2D eigenvalue weighted by atomic mass is 16.5. The monoisotopic (exact) mass is 328 g/mol. The normalized spacial score (nSPS) is 16.7. The van der Waals surface area contributed by atoms with Crippen molar-refractivity contribution in [2.75, 3.05) is 5.32 Å². The van der Waals surface area contributed by atoms with Gasteiger partial charge in [0.25, 0.3) is 5.91 Å². The van der Waals surface area contributed by atoms with E-state index in [0.29, 0.717) is 17.9 Å². The van der Waals surface area contributed by atoms with Gasteiger partial charge in [0.05, 0.1) is 24.2 Å². The first kappa shape index (κ1) is 16.6. The van der Waals surface area contributed by atoms with E-state index in [-0.39, 0.29) is 12.0 Å². The Morgan fingerprint density at radius 2 is 2.21 bits per heavy atom. The molecule has 1 aliphatic rings. The lowest BCUT2D eigenvalue weighted by Crippen LogP contribution is -2.34. The van der Waals surface area contributed by atoms with Crippen molar-refractivity contribution in [1.29, 1.82) is 0 Å².